The number of thioether (sulfide) groups is 1. The molecule has 1 unspecified atom stereocenters. The number of rotatable bonds is 3. The van der Waals surface area contributed by atoms with Gasteiger partial charge in [0.1, 0.15) is 0 Å². The summed E-state index contributed by atoms with van der Waals surface area (Å²) < 4.78 is 0. The van der Waals surface area contributed by atoms with Crippen LogP contribution >= 0.6 is 23.4 Å². The van der Waals surface area contributed by atoms with Crippen molar-refractivity contribution in [3.05, 3.63) is 0 Å². The summed E-state index contributed by atoms with van der Waals surface area (Å²) in [6, 6.07) is 0. The van der Waals surface area contributed by atoms with E-state index < -0.39 is 0 Å². The highest BCUT2D eigenvalue weighted by Crippen LogP contribution is 2.05. The molecule has 0 aliphatic rings. The largest absolute Gasteiger partial charge is 0.395 e. The predicted molar refractivity (Wildman–Crippen MR) is 35.1 cm³/mol. The Morgan fingerprint density at radius 2 is 2.43 bits per heavy atom. The zero-order valence-corrected chi connectivity index (χ0v) is 5.80. The fourth-order valence-corrected chi connectivity index (χ4v) is 0.937. The molecule has 0 radical (unpaired) electrons. The van der Waals surface area contributed by atoms with Gasteiger partial charge in [0.15, 0.2) is 0 Å². The molecule has 0 bridgehead atoms. The molecule has 0 fully saturated rings. The Morgan fingerprint density at radius 3 is 2.43 bits per heavy atom. The number of alkyl halides is 1. The number of aliphatic hydroxyl groups excluding tert-OH is 1. The lowest BCUT2D eigenvalue weighted by Gasteiger charge is -2.02. The summed E-state index contributed by atoms with van der Waals surface area (Å²) in [5.74, 6) is 0.539. The van der Waals surface area contributed by atoms with Crippen molar-refractivity contribution in [2.24, 2.45) is 0 Å². The van der Waals surface area contributed by atoms with E-state index in [1.54, 1.807) is 11.8 Å². The van der Waals surface area contributed by atoms with E-state index in [0.717, 1.165) is 0 Å². The molecular weight excluding hydrogens is 132 g/mol. The second-order valence-electron chi connectivity index (χ2n) is 1.19. The molecule has 0 heterocycles. The molecule has 0 aliphatic carbocycles. The Bertz CT molecular complexity index is 33.2. The summed E-state index contributed by atoms with van der Waals surface area (Å²) in [6.45, 7) is 0.185. The summed E-state index contributed by atoms with van der Waals surface area (Å²) in [7, 11) is 0. The fraction of sp³-hybridized carbons (Fsp3) is 1.00. The van der Waals surface area contributed by atoms with Gasteiger partial charge in [-0.15, -0.1) is 11.6 Å². The molecule has 1 nitrogen and oxygen atoms in total. The van der Waals surface area contributed by atoms with Gasteiger partial charge in [-0.2, -0.15) is 11.8 Å². The maximum atomic E-state index is 8.42. The summed E-state index contributed by atoms with van der Waals surface area (Å²) in [4.78, 5) is 0. The molecule has 0 aliphatic heterocycles. The van der Waals surface area contributed by atoms with E-state index >= 15 is 0 Å². The second-order valence-corrected chi connectivity index (χ2v) is 2.64. The minimum Gasteiger partial charge on any atom is -0.395 e. The van der Waals surface area contributed by atoms with Gasteiger partial charge in [0.05, 0.1) is 6.61 Å². The summed E-state index contributed by atoms with van der Waals surface area (Å²) in [5.41, 5.74) is 0. The molecule has 0 saturated carbocycles. The van der Waals surface area contributed by atoms with Crippen molar-refractivity contribution in [3.63, 3.8) is 0 Å². The van der Waals surface area contributed by atoms with Gasteiger partial charge >= 0.3 is 0 Å². The molecule has 0 aromatic rings. The topological polar surface area (TPSA) is 20.2 Å². The van der Waals surface area contributed by atoms with E-state index in [2.05, 4.69) is 0 Å². The third-order valence-corrected chi connectivity index (χ3v) is 2.25. The molecule has 3 heteroatoms. The van der Waals surface area contributed by atoms with Gasteiger partial charge in [0.25, 0.3) is 0 Å². The SMILES string of the molecule is CSC(CO)CCl. The van der Waals surface area contributed by atoms with Gasteiger partial charge in [-0.1, -0.05) is 0 Å². The molecule has 7 heavy (non-hydrogen) atoms. The molecule has 0 spiro atoms. The average Bonchev–Trinajstić information content (AvgIpc) is 1.72. The summed E-state index contributed by atoms with van der Waals surface area (Å²) in [6.07, 6.45) is 1.93. The van der Waals surface area contributed by atoms with Crippen LogP contribution < -0.4 is 0 Å². The van der Waals surface area contributed by atoms with E-state index in [4.69, 9.17) is 16.7 Å². The normalized spacial score (nSPS) is 14.1. The van der Waals surface area contributed by atoms with Crippen LogP contribution in [-0.2, 0) is 0 Å². The first-order valence-electron chi connectivity index (χ1n) is 2.04. The van der Waals surface area contributed by atoms with E-state index in [1.165, 1.54) is 0 Å². The third kappa shape index (κ3) is 3.21. The van der Waals surface area contributed by atoms with Gasteiger partial charge in [-0.25, -0.2) is 0 Å². The van der Waals surface area contributed by atoms with E-state index in [1.807, 2.05) is 6.26 Å². The van der Waals surface area contributed by atoms with Crippen LogP contribution in [0.3, 0.4) is 0 Å². The molecular formula is C4H9ClOS. The van der Waals surface area contributed by atoms with Crippen molar-refractivity contribution in [2.75, 3.05) is 18.7 Å². The fourth-order valence-electron chi connectivity index (χ4n) is 0.186. The van der Waals surface area contributed by atoms with E-state index in [0.29, 0.717) is 5.88 Å². The van der Waals surface area contributed by atoms with Crippen molar-refractivity contribution in [2.45, 2.75) is 5.25 Å². The molecule has 1 N–H and O–H groups in total. The molecule has 44 valence electrons. The van der Waals surface area contributed by atoms with Gasteiger partial charge in [0, 0.05) is 11.1 Å². The Balaban J connectivity index is 2.99. The first-order chi connectivity index (χ1) is 3.35. The lowest BCUT2D eigenvalue weighted by molar-refractivity contribution is 0.301. The quantitative estimate of drug-likeness (QED) is 0.590. The van der Waals surface area contributed by atoms with Crippen molar-refractivity contribution in [3.8, 4) is 0 Å². The van der Waals surface area contributed by atoms with Crippen molar-refractivity contribution in [1.82, 2.24) is 0 Å². The van der Waals surface area contributed by atoms with Gasteiger partial charge in [-0.3, -0.25) is 0 Å². The van der Waals surface area contributed by atoms with E-state index in [9.17, 15) is 0 Å². The number of halogens is 1. The van der Waals surface area contributed by atoms with Gasteiger partial charge in [0.2, 0.25) is 0 Å². The maximum Gasteiger partial charge on any atom is 0.0561 e. The van der Waals surface area contributed by atoms with Crippen LogP contribution in [0.1, 0.15) is 0 Å². The zero-order chi connectivity index (χ0) is 5.70. The Hall–Kier alpha value is 0.600. The highest BCUT2D eigenvalue weighted by atomic mass is 35.5. The molecule has 0 saturated heterocycles. The average molecular weight is 141 g/mol. The summed E-state index contributed by atoms with van der Waals surface area (Å²) >= 11 is 6.97. The molecule has 1 atom stereocenters. The number of hydrogen-bond acceptors (Lipinski definition) is 2. The second kappa shape index (κ2) is 4.75. The van der Waals surface area contributed by atoms with Crippen LogP contribution in [0, 0.1) is 0 Å². The van der Waals surface area contributed by atoms with Crippen molar-refractivity contribution < 1.29 is 5.11 Å². The lowest BCUT2D eigenvalue weighted by atomic mass is 10.5. The molecule has 0 amide bonds. The molecule has 0 aromatic heterocycles. The standard InChI is InChI=1S/C4H9ClOS/c1-7-4(2-5)3-6/h4,6H,2-3H2,1H3. The minimum absolute atomic E-state index is 0.185. The Labute approximate surface area is 53.1 Å². The van der Waals surface area contributed by atoms with Crippen LogP contribution in [0.15, 0.2) is 0 Å². The highest BCUT2D eigenvalue weighted by molar-refractivity contribution is 7.99. The van der Waals surface area contributed by atoms with Gasteiger partial charge < -0.3 is 5.11 Å². The third-order valence-electron chi connectivity index (χ3n) is 0.709. The van der Waals surface area contributed by atoms with Crippen LogP contribution in [0.5, 0.6) is 0 Å². The maximum absolute atomic E-state index is 8.42. The monoisotopic (exact) mass is 140 g/mol. The lowest BCUT2D eigenvalue weighted by Crippen LogP contribution is -2.08. The zero-order valence-electron chi connectivity index (χ0n) is 4.22. The first kappa shape index (κ1) is 7.60. The van der Waals surface area contributed by atoms with Gasteiger partial charge in [-0.05, 0) is 6.26 Å². The van der Waals surface area contributed by atoms with Crippen molar-refractivity contribution in [1.29, 1.82) is 0 Å². The minimum atomic E-state index is 0.185. The van der Waals surface area contributed by atoms with Crippen LogP contribution in [0.25, 0.3) is 0 Å². The summed E-state index contributed by atoms with van der Waals surface area (Å²) in [5, 5.41) is 8.64. The Kier molecular flexibility index (Phi) is 5.16. The Morgan fingerprint density at radius 1 is 1.86 bits per heavy atom. The van der Waals surface area contributed by atoms with Crippen LogP contribution in [0.2, 0.25) is 0 Å². The molecule has 0 aromatic carbocycles. The number of hydrogen-bond donors (Lipinski definition) is 1. The predicted octanol–water partition coefficient (Wildman–Crippen LogP) is 0.949. The molecule has 0 rings (SSSR count). The van der Waals surface area contributed by atoms with Crippen LogP contribution in [0.4, 0.5) is 0 Å². The van der Waals surface area contributed by atoms with Crippen LogP contribution in [-0.4, -0.2) is 29.1 Å². The van der Waals surface area contributed by atoms with Crippen molar-refractivity contribution >= 4 is 23.4 Å². The smallest absolute Gasteiger partial charge is 0.0561 e. The number of aliphatic hydroxyl groups is 1. The first-order valence-corrected chi connectivity index (χ1v) is 3.87. The van der Waals surface area contributed by atoms with E-state index in [-0.39, 0.29) is 11.9 Å². The highest BCUT2D eigenvalue weighted by Gasteiger charge is 1.99.